The second-order valence-electron chi connectivity index (χ2n) is 6.89. The van der Waals surface area contributed by atoms with Crippen LogP contribution in [0.15, 0.2) is 77.7 Å². The molecular formula is C23H19N3O5. The number of hydrogen-bond acceptors (Lipinski definition) is 6. The lowest BCUT2D eigenvalue weighted by molar-refractivity contribution is -0.139. The van der Waals surface area contributed by atoms with Crippen molar-refractivity contribution in [3.05, 3.63) is 84.6 Å². The molecule has 2 N–H and O–H groups in total. The van der Waals surface area contributed by atoms with Gasteiger partial charge in [-0.05, 0) is 29.3 Å². The molecule has 4 rings (SSSR count). The molecule has 8 heteroatoms. The van der Waals surface area contributed by atoms with Crippen LogP contribution in [0.3, 0.4) is 0 Å². The lowest BCUT2D eigenvalue weighted by atomic mass is 10.1. The number of carboxylic acids is 1. The van der Waals surface area contributed by atoms with Crippen LogP contribution in [0.25, 0.3) is 22.1 Å². The first kappa shape index (κ1) is 20.1. The first-order valence-electron chi connectivity index (χ1n) is 9.56. The predicted octanol–water partition coefficient (Wildman–Crippen LogP) is 3.81. The van der Waals surface area contributed by atoms with Crippen LogP contribution in [0.4, 0.5) is 4.79 Å². The van der Waals surface area contributed by atoms with Crippen LogP contribution in [0.2, 0.25) is 0 Å². The Balaban J connectivity index is 1.38. The smallest absolute Gasteiger partial charge is 0.408 e. The van der Waals surface area contributed by atoms with Gasteiger partial charge in [-0.2, -0.15) is 0 Å². The summed E-state index contributed by atoms with van der Waals surface area (Å²) in [5.74, 6) is -0.691. The van der Waals surface area contributed by atoms with Gasteiger partial charge in [0.05, 0.1) is 0 Å². The lowest BCUT2D eigenvalue weighted by Crippen LogP contribution is -2.42. The predicted molar refractivity (Wildman–Crippen MR) is 112 cm³/mol. The van der Waals surface area contributed by atoms with Gasteiger partial charge in [0, 0.05) is 29.8 Å². The summed E-state index contributed by atoms with van der Waals surface area (Å²) in [6, 6.07) is 15.4. The SMILES string of the molecule is O=C(NC(Cc1ccccc1)C(=O)O)OCc1cc2cc(-c3cncnc3)ccc2o1. The van der Waals surface area contributed by atoms with Gasteiger partial charge < -0.3 is 19.6 Å². The molecule has 1 unspecified atom stereocenters. The van der Waals surface area contributed by atoms with E-state index < -0.39 is 18.1 Å². The molecule has 8 nitrogen and oxygen atoms in total. The molecule has 1 amide bonds. The maximum Gasteiger partial charge on any atom is 0.408 e. The monoisotopic (exact) mass is 417 g/mol. The molecule has 0 spiro atoms. The number of ether oxygens (including phenoxy) is 1. The highest BCUT2D eigenvalue weighted by molar-refractivity contribution is 5.84. The fourth-order valence-electron chi connectivity index (χ4n) is 3.17. The molecule has 0 bridgehead atoms. The largest absolute Gasteiger partial charge is 0.480 e. The normalized spacial score (nSPS) is 11.7. The van der Waals surface area contributed by atoms with Gasteiger partial charge in [-0.3, -0.25) is 0 Å². The summed E-state index contributed by atoms with van der Waals surface area (Å²) in [6.07, 6.45) is 4.23. The number of carboxylic acid groups (broad SMARTS) is 1. The molecule has 0 fully saturated rings. The van der Waals surface area contributed by atoms with E-state index in [0.717, 1.165) is 22.1 Å². The Morgan fingerprint density at radius 3 is 2.55 bits per heavy atom. The molecule has 4 aromatic rings. The molecular weight excluding hydrogens is 398 g/mol. The number of carbonyl (C=O) groups is 2. The lowest BCUT2D eigenvalue weighted by Gasteiger charge is -2.14. The second kappa shape index (κ2) is 9.08. The van der Waals surface area contributed by atoms with Gasteiger partial charge in [0.25, 0.3) is 0 Å². The van der Waals surface area contributed by atoms with E-state index in [1.165, 1.54) is 6.33 Å². The van der Waals surface area contributed by atoms with Crippen LogP contribution in [0.1, 0.15) is 11.3 Å². The Bertz CT molecular complexity index is 1190. The van der Waals surface area contributed by atoms with E-state index >= 15 is 0 Å². The summed E-state index contributed by atoms with van der Waals surface area (Å²) in [4.78, 5) is 31.6. The van der Waals surface area contributed by atoms with Crippen LogP contribution in [-0.4, -0.2) is 33.2 Å². The summed E-state index contributed by atoms with van der Waals surface area (Å²) < 4.78 is 10.9. The number of nitrogens with one attached hydrogen (secondary N) is 1. The molecule has 156 valence electrons. The summed E-state index contributed by atoms with van der Waals surface area (Å²) in [5, 5.41) is 12.6. The van der Waals surface area contributed by atoms with Crippen LogP contribution in [0.5, 0.6) is 0 Å². The van der Waals surface area contributed by atoms with Crippen molar-refractivity contribution in [1.82, 2.24) is 15.3 Å². The van der Waals surface area contributed by atoms with Crippen molar-refractivity contribution in [3.8, 4) is 11.1 Å². The third-order valence-electron chi connectivity index (χ3n) is 4.68. The maximum atomic E-state index is 12.1. The standard InChI is InChI=1S/C23H19N3O5/c27-22(28)20(8-15-4-2-1-3-5-15)26-23(29)30-13-19-10-17-9-16(6-7-21(17)31-19)18-11-24-14-25-12-18/h1-7,9-12,14,20H,8,13H2,(H,26,29)(H,27,28). The van der Waals surface area contributed by atoms with Crippen LogP contribution < -0.4 is 5.32 Å². The molecule has 2 aromatic carbocycles. The van der Waals surface area contributed by atoms with Gasteiger partial charge >= 0.3 is 12.1 Å². The highest BCUT2D eigenvalue weighted by Crippen LogP contribution is 2.26. The van der Waals surface area contributed by atoms with E-state index in [9.17, 15) is 14.7 Å². The quantitative estimate of drug-likeness (QED) is 0.470. The highest BCUT2D eigenvalue weighted by atomic mass is 16.6. The number of benzene rings is 2. The first-order valence-corrected chi connectivity index (χ1v) is 9.56. The number of hydrogen-bond donors (Lipinski definition) is 2. The second-order valence-corrected chi connectivity index (χ2v) is 6.89. The number of rotatable bonds is 7. The fraction of sp³-hybridized carbons (Fsp3) is 0.130. The molecule has 2 heterocycles. The van der Waals surface area contributed by atoms with Crippen molar-refractivity contribution in [2.45, 2.75) is 19.1 Å². The average Bonchev–Trinajstić information content (AvgIpc) is 3.21. The van der Waals surface area contributed by atoms with Gasteiger partial charge in [0.1, 0.15) is 23.7 Å². The number of fused-ring (bicyclic) bond motifs is 1. The molecule has 0 radical (unpaired) electrons. The molecule has 2 aromatic heterocycles. The van der Waals surface area contributed by atoms with Crippen molar-refractivity contribution >= 4 is 23.0 Å². The highest BCUT2D eigenvalue weighted by Gasteiger charge is 2.21. The molecule has 31 heavy (non-hydrogen) atoms. The number of nitrogens with zero attached hydrogens (tertiary/aromatic N) is 2. The molecule has 1 atom stereocenters. The first-order chi connectivity index (χ1) is 15.1. The fourth-order valence-corrected chi connectivity index (χ4v) is 3.17. The minimum atomic E-state index is -1.14. The van der Waals surface area contributed by atoms with E-state index in [1.54, 1.807) is 30.6 Å². The van der Waals surface area contributed by atoms with E-state index in [1.807, 2.05) is 36.4 Å². The Labute approximate surface area is 177 Å². The molecule has 0 saturated heterocycles. The zero-order chi connectivity index (χ0) is 21.6. The minimum Gasteiger partial charge on any atom is -0.480 e. The van der Waals surface area contributed by atoms with Crippen molar-refractivity contribution in [3.63, 3.8) is 0 Å². The maximum absolute atomic E-state index is 12.1. The van der Waals surface area contributed by atoms with Gasteiger partial charge in [-0.1, -0.05) is 36.4 Å². The van der Waals surface area contributed by atoms with Gasteiger partial charge in [0.15, 0.2) is 6.61 Å². The van der Waals surface area contributed by atoms with Crippen molar-refractivity contribution in [2.24, 2.45) is 0 Å². The minimum absolute atomic E-state index is 0.123. The molecule has 0 saturated carbocycles. The summed E-state index contributed by atoms with van der Waals surface area (Å²) >= 11 is 0. The summed E-state index contributed by atoms with van der Waals surface area (Å²) in [7, 11) is 0. The summed E-state index contributed by atoms with van der Waals surface area (Å²) in [6.45, 7) is -0.123. The Kier molecular flexibility index (Phi) is 5.89. The van der Waals surface area contributed by atoms with Crippen molar-refractivity contribution < 1.29 is 23.8 Å². The number of amides is 1. The van der Waals surface area contributed by atoms with E-state index in [2.05, 4.69) is 15.3 Å². The van der Waals surface area contributed by atoms with Crippen LogP contribution in [-0.2, 0) is 22.6 Å². The zero-order valence-electron chi connectivity index (χ0n) is 16.4. The average molecular weight is 417 g/mol. The zero-order valence-corrected chi connectivity index (χ0v) is 16.4. The van der Waals surface area contributed by atoms with Crippen molar-refractivity contribution in [2.75, 3.05) is 0 Å². The van der Waals surface area contributed by atoms with Crippen LogP contribution in [0, 0.1) is 0 Å². The number of furan rings is 1. The third kappa shape index (κ3) is 5.05. The van der Waals surface area contributed by atoms with E-state index in [0.29, 0.717) is 11.3 Å². The Morgan fingerprint density at radius 1 is 1.03 bits per heavy atom. The Hall–Kier alpha value is -4.20. The third-order valence-corrected chi connectivity index (χ3v) is 4.68. The number of aromatic nitrogens is 2. The topological polar surface area (TPSA) is 115 Å². The van der Waals surface area contributed by atoms with Crippen LogP contribution >= 0.6 is 0 Å². The number of alkyl carbamates (subject to hydrolysis) is 1. The van der Waals surface area contributed by atoms with Gasteiger partial charge in [-0.15, -0.1) is 0 Å². The van der Waals surface area contributed by atoms with Crippen molar-refractivity contribution in [1.29, 1.82) is 0 Å². The van der Waals surface area contributed by atoms with Gasteiger partial charge in [-0.25, -0.2) is 19.6 Å². The van der Waals surface area contributed by atoms with E-state index in [4.69, 9.17) is 9.15 Å². The summed E-state index contributed by atoms with van der Waals surface area (Å²) in [5.41, 5.74) is 3.25. The number of carbonyl (C=O) groups excluding carboxylic acids is 1. The van der Waals surface area contributed by atoms with Gasteiger partial charge in [0.2, 0.25) is 0 Å². The Morgan fingerprint density at radius 2 is 1.81 bits per heavy atom. The molecule has 0 aliphatic heterocycles. The molecule has 0 aliphatic rings. The molecule has 0 aliphatic carbocycles. The van der Waals surface area contributed by atoms with E-state index in [-0.39, 0.29) is 13.0 Å². The number of aliphatic carboxylic acids is 1.